The fourth-order valence-electron chi connectivity index (χ4n) is 0.380. The first-order valence-electron chi connectivity index (χ1n) is 2.86. The Balaban J connectivity index is 4.21. The van der Waals surface area contributed by atoms with Crippen LogP contribution in [-0.2, 0) is 0 Å². The van der Waals surface area contributed by atoms with E-state index in [2.05, 4.69) is 0 Å². The lowest BCUT2D eigenvalue weighted by Crippen LogP contribution is -1.92. The summed E-state index contributed by atoms with van der Waals surface area (Å²) in [7, 11) is 0. The summed E-state index contributed by atoms with van der Waals surface area (Å²) in [4.78, 5) is 0. The van der Waals surface area contributed by atoms with Crippen LogP contribution in [0.2, 0.25) is 0 Å². The second-order valence-corrected chi connectivity index (χ2v) is 2.97. The second kappa shape index (κ2) is 3.72. The SMILES string of the molecule is CSC(=N)C(C)=C(C)C. The highest BCUT2D eigenvalue weighted by Gasteiger charge is 1.96. The maximum Gasteiger partial charge on any atom is 0.0895 e. The molecule has 2 heteroatoms. The molecule has 0 amide bonds. The summed E-state index contributed by atoms with van der Waals surface area (Å²) in [6.45, 7) is 6.04. The van der Waals surface area contributed by atoms with Crippen LogP contribution in [0.3, 0.4) is 0 Å². The zero-order valence-electron chi connectivity index (χ0n) is 6.41. The van der Waals surface area contributed by atoms with E-state index < -0.39 is 0 Å². The summed E-state index contributed by atoms with van der Waals surface area (Å²) < 4.78 is 0. The van der Waals surface area contributed by atoms with Crippen LogP contribution in [0.25, 0.3) is 0 Å². The lowest BCUT2D eigenvalue weighted by molar-refractivity contribution is 1.31. The smallest absolute Gasteiger partial charge is 0.0895 e. The van der Waals surface area contributed by atoms with Crippen LogP contribution in [0.15, 0.2) is 11.1 Å². The van der Waals surface area contributed by atoms with Crippen LogP contribution in [0, 0.1) is 5.41 Å². The van der Waals surface area contributed by atoms with Crippen molar-refractivity contribution in [3.8, 4) is 0 Å². The van der Waals surface area contributed by atoms with Crippen molar-refractivity contribution in [1.29, 1.82) is 5.41 Å². The van der Waals surface area contributed by atoms with Crippen LogP contribution >= 0.6 is 11.8 Å². The number of nitrogens with one attached hydrogen (secondary N) is 1. The predicted octanol–water partition coefficient (Wildman–Crippen LogP) is 2.68. The molecule has 0 bridgehead atoms. The van der Waals surface area contributed by atoms with Gasteiger partial charge >= 0.3 is 0 Å². The third-order valence-corrected chi connectivity index (χ3v) is 2.01. The van der Waals surface area contributed by atoms with Crippen LogP contribution in [0.1, 0.15) is 20.8 Å². The highest BCUT2D eigenvalue weighted by atomic mass is 32.2. The maximum atomic E-state index is 7.38. The van der Waals surface area contributed by atoms with Gasteiger partial charge in [0.25, 0.3) is 0 Å². The summed E-state index contributed by atoms with van der Waals surface area (Å²) in [5.41, 5.74) is 2.33. The Hall–Kier alpha value is -0.240. The van der Waals surface area contributed by atoms with E-state index in [0.717, 1.165) is 5.57 Å². The molecule has 9 heavy (non-hydrogen) atoms. The largest absolute Gasteiger partial charge is 0.294 e. The molecule has 0 saturated heterocycles. The molecule has 0 heterocycles. The molecule has 0 aliphatic carbocycles. The summed E-state index contributed by atoms with van der Waals surface area (Å²) in [6.07, 6.45) is 1.93. The van der Waals surface area contributed by atoms with Gasteiger partial charge in [-0.3, -0.25) is 5.41 Å². The lowest BCUT2D eigenvalue weighted by atomic mass is 10.2. The molecule has 0 rings (SSSR count). The quantitative estimate of drug-likeness (QED) is 0.443. The van der Waals surface area contributed by atoms with Gasteiger partial charge in [0.1, 0.15) is 0 Å². The van der Waals surface area contributed by atoms with Gasteiger partial charge in [0.15, 0.2) is 0 Å². The Labute approximate surface area is 61.0 Å². The third-order valence-electron chi connectivity index (χ3n) is 1.29. The van der Waals surface area contributed by atoms with Gasteiger partial charge in [0.05, 0.1) is 5.04 Å². The molecule has 0 atom stereocenters. The molecule has 0 radical (unpaired) electrons. The fraction of sp³-hybridized carbons (Fsp3) is 0.571. The van der Waals surface area contributed by atoms with Crippen molar-refractivity contribution >= 4 is 16.8 Å². The standard InChI is InChI=1S/C7H13NS/c1-5(2)6(3)7(8)9-4/h8H,1-4H3. The molecule has 0 saturated carbocycles. The lowest BCUT2D eigenvalue weighted by Gasteiger charge is -2.00. The monoisotopic (exact) mass is 143 g/mol. The van der Waals surface area contributed by atoms with Gasteiger partial charge in [0, 0.05) is 0 Å². The van der Waals surface area contributed by atoms with E-state index in [1.807, 2.05) is 27.0 Å². The molecule has 52 valence electrons. The normalized spacial score (nSPS) is 8.89. The minimum Gasteiger partial charge on any atom is -0.294 e. The Kier molecular flexibility index (Phi) is 3.62. The van der Waals surface area contributed by atoms with E-state index >= 15 is 0 Å². The van der Waals surface area contributed by atoms with E-state index in [0.29, 0.717) is 5.04 Å². The van der Waals surface area contributed by atoms with Gasteiger partial charge in [-0.15, -0.1) is 11.8 Å². The van der Waals surface area contributed by atoms with Gasteiger partial charge in [-0.2, -0.15) is 0 Å². The Morgan fingerprint density at radius 2 is 1.67 bits per heavy atom. The zero-order valence-corrected chi connectivity index (χ0v) is 7.22. The number of thioether (sulfide) groups is 1. The summed E-state index contributed by atoms with van der Waals surface area (Å²) in [6, 6.07) is 0. The number of hydrogen-bond donors (Lipinski definition) is 1. The molecule has 0 spiro atoms. The van der Waals surface area contributed by atoms with Gasteiger partial charge < -0.3 is 0 Å². The first-order valence-corrected chi connectivity index (χ1v) is 4.09. The highest BCUT2D eigenvalue weighted by Crippen LogP contribution is 2.10. The Morgan fingerprint density at radius 3 is 1.78 bits per heavy atom. The Bertz CT molecular complexity index is 143. The van der Waals surface area contributed by atoms with E-state index in [-0.39, 0.29) is 0 Å². The molecular formula is C7H13NS. The molecule has 1 nitrogen and oxygen atoms in total. The summed E-state index contributed by atoms with van der Waals surface area (Å²) in [5.74, 6) is 0. The molecule has 0 fully saturated rings. The molecule has 0 unspecified atom stereocenters. The van der Waals surface area contributed by atoms with Crippen molar-refractivity contribution in [3.05, 3.63) is 11.1 Å². The summed E-state index contributed by atoms with van der Waals surface area (Å²) >= 11 is 1.49. The van der Waals surface area contributed by atoms with Crippen molar-refractivity contribution in [2.24, 2.45) is 0 Å². The molecule has 0 aliphatic rings. The molecular weight excluding hydrogens is 130 g/mol. The predicted molar refractivity (Wildman–Crippen MR) is 45.3 cm³/mol. The highest BCUT2D eigenvalue weighted by molar-refractivity contribution is 8.13. The Morgan fingerprint density at radius 1 is 1.22 bits per heavy atom. The third kappa shape index (κ3) is 2.70. The van der Waals surface area contributed by atoms with Crippen molar-refractivity contribution in [2.75, 3.05) is 6.26 Å². The second-order valence-electron chi connectivity index (χ2n) is 2.16. The topological polar surface area (TPSA) is 23.9 Å². The van der Waals surface area contributed by atoms with E-state index in [9.17, 15) is 0 Å². The number of allylic oxidation sites excluding steroid dienone is 1. The zero-order chi connectivity index (χ0) is 7.44. The minimum atomic E-state index is 0.676. The van der Waals surface area contributed by atoms with Crippen LogP contribution in [0.5, 0.6) is 0 Å². The van der Waals surface area contributed by atoms with Crippen molar-refractivity contribution in [3.63, 3.8) is 0 Å². The van der Waals surface area contributed by atoms with E-state index in [1.54, 1.807) is 0 Å². The minimum absolute atomic E-state index is 0.676. The van der Waals surface area contributed by atoms with E-state index in [4.69, 9.17) is 5.41 Å². The van der Waals surface area contributed by atoms with Gasteiger partial charge in [0.2, 0.25) is 0 Å². The molecule has 0 aromatic rings. The van der Waals surface area contributed by atoms with Crippen molar-refractivity contribution in [1.82, 2.24) is 0 Å². The van der Waals surface area contributed by atoms with Gasteiger partial charge in [-0.25, -0.2) is 0 Å². The molecule has 0 aromatic carbocycles. The van der Waals surface area contributed by atoms with Crippen molar-refractivity contribution < 1.29 is 0 Å². The number of rotatable bonds is 1. The van der Waals surface area contributed by atoms with Crippen molar-refractivity contribution in [2.45, 2.75) is 20.8 Å². The first-order chi connectivity index (χ1) is 4.09. The summed E-state index contributed by atoms with van der Waals surface area (Å²) in [5, 5.41) is 8.05. The van der Waals surface area contributed by atoms with Crippen LogP contribution in [0.4, 0.5) is 0 Å². The first kappa shape index (κ1) is 8.76. The van der Waals surface area contributed by atoms with E-state index in [1.165, 1.54) is 17.3 Å². The van der Waals surface area contributed by atoms with Crippen LogP contribution in [-0.4, -0.2) is 11.3 Å². The average Bonchev–Trinajstić information content (AvgIpc) is 1.84. The molecule has 1 N–H and O–H groups in total. The molecule has 0 aromatic heterocycles. The van der Waals surface area contributed by atoms with Gasteiger partial charge in [-0.1, -0.05) is 5.57 Å². The van der Waals surface area contributed by atoms with Gasteiger partial charge in [-0.05, 0) is 32.6 Å². The number of hydrogen-bond acceptors (Lipinski definition) is 2. The fourth-order valence-corrected chi connectivity index (χ4v) is 0.890. The molecule has 0 aliphatic heterocycles. The maximum absolute atomic E-state index is 7.38. The van der Waals surface area contributed by atoms with Crippen LogP contribution < -0.4 is 0 Å². The average molecular weight is 143 g/mol.